The number of piperidine rings is 1. The van der Waals surface area contributed by atoms with Crippen LogP contribution in [0.15, 0.2) is 42.7 Å². The summed E-state index contributed by atoms with van der Waals surface area (Å²) in [5.41, 5.74) is 1.27. The molecule has 2 aromatic rings. The number of anilines is 2. The van der Waals surface area contributed by atoms with E-state index in [0.717, 1.165) is 38.8 Å². The molecule has 1 saturated heterocycles. The molecule has 2 N–H and O–H groups in total. The molecule has 0 bridgehead atoms. The summed E-state index contributed by atoms with van der Waals surface area (Å²) in [5, 5.41) is 9.94. The molecule has 0 radical (unpaired) electrons. The minimum Gasteiger partial charge on any atom is -0.375 e. The van der Waals surface area contributed by atoms with E-state index in [2.05, 4.69) is 15.7 Å². The number of methoxy groups -OCH3 is 1. The molecule has 0 aliphatic carbocycles. The minimum absolute atomic E-state index is 0.0116. The smallest absolute Gasteiger partial charge is 0.322 e. The second kappa shape index (κ2) is 9.89. The molecule has 2 heterocycles. The van der Waals surface area contributed by atoms with E-state index < -0.39 is 0 Å². The number of aromatic nitrogens is 2. The zero-order valence-corrected chi connectivity index (χ0v) is 16.1. The molecule has 150 valence electrons. The van der Waals surface area contributed by atoms with Crippen molar-refractivity contribution in [2.45, 2.75) is 38.3 Å². The number of urea groups is 1. The fourth-order valence-electron chi connectivity index (χ4n) is 3.48. The van der Waals surface area contributed by atoms with Crippen LogP contribution in [0.25, 0.3) is 0 Å². The zero-order valence-electron chi connectivity index (χ0n) is 16.1. The molecule has 0 unspecified atom stereocenters. The van der Waals surface area contributed by atoms with Crippen LogP contribution >= 0.6 is 0 Å². The molecule has 0 spiro atoms. The van der Waals surface area contributed by atoms with Crippen molar-refractivity contribution in [1.82, 2.24) is 14.7 Å². The van der Waals surface area contributed by atoms with Crippen LogP contribution in [-0.2, 0) is 16.1 Å². The van der Waals surface area contributed by atoms with Gasteiger partial charge in [0.05, 0.1) is 0 Å². The van der Waals surface area contributed by atoms with E-state index in [0.29, 0.717) is 11.4 Å². The standard InChI is InChI=1S/C20H27N5O3/c1-28-15-19(26)22-16-6-4-7-17(14-16)23-20(27)25-12-3-2-8-18(25)9-13-24-11-5-10-21-24/h4-7,10-11,14,18H,2-3,8-9,12-13,15H2,1H3,(H,22,26)(H,23,27)/t18-/m0/s1. The Morgan fingerprint density at radius 3 is 2.79 bits per heavy atom. The van der Waals surface area contributed by atoms with E-state index in [-0.39, 0.29) is 24.6 Å². The molecular weight excluding hydrogens is 358 g/mol. The first-order chi connectivity index (χ1) is 13.7. The lowest BCUT2D eigenvalue weighted by Gasteiger charge is -2.35. The number of amides is 3. The number of carbonyl (C=O) groups is 2. The molecule has 1 aliphatic heterocycles. The van der Waals surface area contributed by atoms with Crippen molar-refractivity contribution in [3.8, 4) is 0 Å². The van der Waals surface area contributed by atoms with Crippen molar-refractivity contribution in [3.05, 3.63) is 42.7 Å². The van der Waals surface area contributed by atoms with Gasteiger partial charge >= 0.3 is 6.03 Å². The van der Waals surface area contributed by atoms with Crippen LogP contribution in [-0.4, -0.2) is 52.9 Å². The van der Waals surface area contributed by atoms with Gasteiger partial charge in [-0.2, -0.15) is 5.10 Å². The highest BCUT2D eigenvalue weighted by Gasteiger charge is 2.26. The third-order valence-electron chi connectivity index (χ3n) is 4.81. The number of hydrogen-bond donors (Lipinski definition) is 2. The van der Waals surface area contributed by atoms with Gasteiger partial charge < -0.3 is 20.3 Å². The second-order valence-corrected chi connectivity index (χ2v) is 6.89. The molecule has 8 heteroatoms. The number of rotatable bonds is 7. The maximum absolute atomic E-state index is 12.9. The molecule has 0 saturated carbocycles. The van der Waals surface area contributed by atoms with Gasteiger partial charge in [-0.05, 0) is 49.9 Å². The van der Waals surface area contributed by atoms with Crippen LogP contribution in [0.4, 0.5) is 16.2 Å². The van der Waals surface area contributed by atoms with E-state index >= 15 is 0 Å². The number of aryl methyl sites for hydroxylation is 1. The predicted molar refractivity (Wildman–Crippen MR) is 107 cm³/mol. The summed E-state index contributed by atoms with van der Waals surface area (Å²) in [6.45, 7) is 1.53. The first kappa shape index (κ1) is 19.9. The molecule has 1 atom stereocenters. The fraction of sp³-hybridized carbons (Fsp3) is 0.450. The summed E-state index contributed by atoms with van der Waals surface area (Å²) in [6.07, 6.45) is 7.73. The van der Waals surface area contributed by atoms with Crippen molar-refractivity contribution in [3.63, 3.8) is 0 Å². The van der Waals surface area contributed by atoms with E-state index in [1.807, 2.05) is 27.9 Å². The summed E-state index contributed by atoms with van der Waals surface area (Å²) >= 11 is 0. The first-order valence-corrected chi connectivity index (χ1v) is 9.59. The maximum Gasteiger partial charge on any atom is 0.322 e. The van der Waals surface area contributed by atoms with Crippen molar-refractivity contribution >= 4 is 23.3 Å². The molecule has 1 aromatic carbocycles. The van der Waals surface area contributed by atoms with E-state index in [4.69, 9.17) is 4.74 Å². The Morgan fingerprint density at radius 2 is 2.04 bits per heavy atom. The van der Waals surface area contributed by atoms with E-state index in [1.165, 1.54) is 7.11 Å². The Kier molecular flexibility index (Phi) is 7.02. The normalized spacial score (nSPS) is 16.6. The molecule has 28 heavy (non-hydrogen) atoms. The van der Waals surface area contributed by atoms with Crippen LogP contribution in [0, 0.1) is 0 Å². The van der Waals surface area contributed by atoms with Crippen molar-refractivity contribution in [2.75, 3.05) is 30.9 Å². The number of benzene rings is 1. The third kappa shape index (κ3) is 5.56. The van der Waals surface area contributed by atoms with E-state index in [9.17, 15) is 9.59 Å². The summed E-state index contributed by atoms with van der Waals surface area (Å²) in [5.74, 6) is -0.235. The SMILES string of the molecule is COCC(=O)Nc1cccc(NC(=O)N2CCCC[C@H]2CCn2cccn2)c1. The monoisotopic (exact) mass is 385 g/mol. The number of nitrogens with one attached hydrogen (secondary N) is 2. The van der Waals surface area contributed by atoms with Crippen LogP contribution in [0.5, 0.6) is 0 Å². The Hall–Kier alpha value is -2.87. The Morgan fingerprint density at radius 1 is 1.21 bits per heavy atom. The zero-order chi connectivity index (χ0) is 19.8. The summed E-state index contributed by atoms with van der Waals surface area (Å²) in [6, 6.07) is 9.12. The van der Waals surface area contributed by atoms with Crippen molar-refractivity contribution in [2.24, 2.45) is 0 Å². The fourth-order valence-corrected chi connectivity index (χ4v) is 3.48. The molecule has 1 aliphatic rings. The van der Waals surface area contributed by atoms with Crippen LogP contribution in [0.1, 0.15) is 25.7 Å². The first-order valence-electron chi connectivity index (χ1n) is 9.59. The molecule has 3 amide bonds. The van der Waals surface area contributed by atoms with Crippen molar-refractivity contribution in [1.29, 1.82) is 0 Å². The van der Waals surface area contributed by atoms with Gasteiger partial charge in [-0.25, -0.2) is 4.79 Å². The lowest BCUT2D eigenvalue weighted by Crippen LogP contribution is -2.46. The number of likely N-dealkylation sites (tertiary alicyclic amines) is 1. The summed E-state index contributed by atoms with van der Waals surface area (Å²) in [4.78, 5) is 26.4. The van der Waals surface area contributed by atoms with Gasteiger partial charge in [0, 0.05) is 50.0 Å². The summed E-state index contributed by atoms with van der Waals surface area (Å²) in [7, 11) is 1.47. The molecular formula is C20H27N5O3. The average Bonchev–Trinajstić information content (AvgIpc) is 3.20. The molecule has 1 fully saturated rings. The minimum atomic E-state index is -0.235. The molecule has 3 rings (SSSR count). The third-order valence-corrected chi connectivity index (χ3v) is 4.81. The van der Waals surface area contributed by atoms with Gasteiger partial charge in [-0.3, -0.25) is 9.48 Å². The highest BCUT2D eigenvalue weighted by molar-refractivity contribution is 5.94. The number of hydrogen-bond acceptors (Lipinski definition) is 4. The van der Waals surface area contributed by atoms with Crippen LogP contribution < -0.4 is 10.6 Å². The van der Waals surface area contributed by atoms with Gasteiger partial charge in [0.1, 0.15) is 6.61 Å². The average molecular weight is 385 g/mol. The van der Waals surface area contributed by atoms with Crippen LogP contribution in [0.2, 0.25) is 0 Å². The Balaban J connectivity index is 1.59. The van der Waals surface area contributed by atoms with Crippen molar-refractivity contribution < 1.29 is 14.3 Å². The van der Waals surface area contributed by atoms with Gasteiger partial charge in [-0.15, -0.1) is 0 Å². The van der Waals surface area contributed by atoms with Gasteiger partial charge in [0.25, 0.3) is 0 Å². The molecule has 1 aromatic heterocycles. The number of carbonyl (C=O) groups excluding carboxylic acids is 2. The topological polar surface area (TPSA) is 88.5 Å². The highest BCUT2D eigenvalue weighted by Crippen LogP contribution is 2.22. The number of nitrogens with zero attached hydrogens (tertiary/aromatic N) is 3. The highest BCUT2D eigenvalue weighted by atomic mass is 16.5. The lowest BCUT2D eigenvalue weighted by atomic mass is 10.00. The maximum atomic E-state index is 12.9. The Labute approximate surface area is 164 Å². The lowest BCUT2D eigenvalue weighted by molar-refractivity contribution is -0.119. The van der Waals surface area contributed by atoms with Gasteiger partial charge in [0.15, 0.2) is 0 Å². The van der Waals surface area contributed by atoms with Crippen LogP contribution in [0.3, 0.4) is 0 Å². The Bertz CT molecular complexity index is 778. The quantitative estimate of drug-likeness (QED) is 0.767. The number of ether oxygens (including phenoxy) is 1. The second-order valence-electron chi connectivity index (χ2n) is 6.89. The summed E-state index contributed by atoms with van der Waals surface area (Å²) < 4.78 is 6.72. The van der Waals surface area contributed by atoms with Gasteiger partial charge in [0.2, 0.25) is 5.91 Å². The largest absolute Gasteiger partial charge is 0.375 e. The molecule has 8 nitrogen and oxygen atoms in total. The van der Waals surface area contributed by atoms with Gasteiger partial charge in [-0.1, -0.05) is 6.07 Å². The predicted octanol–water partition coefficient (Wildman–Crippen LogP) is 2.94. The van der Waals surface area contributed by atoms with E-state index in [1.54, 1.807) is 24.4 Å².